The molecule has 0 atom stereocenters. The molecule has 0 radical (unpaired) electrons. The van der Waals surface area contributed by atoms with Crippen molar-refractivity contribution in [2.24, 2.45) is 0 Å². The molecule has 1 heterocycles. The zero-order valence-corrected chi connectivity index (χ0v) is 13.0. The first-order valence-electron chi connectivity index (χ1n) is 7.06. The molecule has 0 saturated carbocycles. The van der Waals surface area contributed by atoms with E-state index in [1.54, 1.807) is 18.0 Å². The topological polar surface area (TPSA) is 38.9 Å². The van der Waals surface area contributed by atoms with Gasteiger partial charge in [-0.15, -0.1) is 0 Å². The summed E-state index contributed by atoms with van der Waals surface area (Å²) in [5.74, 6) is 0.556. The largest absolute Gasteiger partial charge is 0.397 e. The second-order valence-electron chi connectivity index (χ2n) is 5.37. The summed E-state index contributed by atoms with van der Waals surface area (Å²) in [7, 11) is 0. The smallest absolute Gasteiger partial charge is 0.0723 e. The first-order chi connectivity index (χ1) is 10.1. The van der Waals surface area contributed by atoms with Crippen LogP contribution in [-0.2, 0) is 0 Å². The summed E-state index contributed by atoms with van der Waals surface area (Å²) in [5.41, 5.74) is 9.38. The molecular weight excluding hydrogens is 276 g/mol. The average molecular weight is 294 g/mol. The molecule has 3 heteroatoms. The van der Waals surface area contributed by atoms with Crippen LogP contribution in [0, 0.1) is 0 Å². The van der Waals surface area contributed by atoms with E-state index in [-0.39, 0.29) is 0 Å². The fourth-order valence-electron chi connectivity index (χ4n) is 2.29. The number of anilines is 1. The lowest BCUT2D eigenvalue weighted by Crippen LogP contribution is -1.92. The lowest BCUT2D eigenvalue weighted by atomic mass is 10.0. The second-order valence-corrected chi connectivity index (χ2v) is 6.49. The highest BCUT2D eigenvalue weighted by molar-refractivity contribution is 7.99. The lowest BCUT2D eigenvalue weighted by molar-refractivity contribution is 0.865. The Balaban J connectivity index is 1.92. The molecule has 106 valence electrons. The number of aromatic nitrogens is 1. The van der Waals surface area contributed by atoms with Crippen molar-refractivity contribution in [1.29, 1.82) is 0 Å². The Labute approximate surface area is 129 Å². The Morgan fingerprint density at radius 2 is 1.76 bits per heavy atom. The van der Waals surface area contributed by atoms with Crippen molar-refractivity contribution in [1.82, 2.24) is 4.98 Å². The summed E-state index contributed by atoms with van der Waals surface area (Å²) in [6, 6.07) is 16.7. The number of nitrogens with two attached hydrogens (primary N) is 1. The Bertz CT molecular complexity index is 764. The Morgan fingerprint density at radius 3 is 2.48 bits per heavy atom. The number of rotatable bonds is 3. The van der Waals surface area contributed by atoms with Crippen LogP contribution in [0.4, 0.5) is 5.69 Å². The molecule has 3 rings (SSSR count). The molecule has 0 amide bonds. The summed E-state index contributed by atoms with van der Waals surface area (Å²) in [5, 5.41) is 1.02. The molecule has 2 nitrogen and oxygen atoms in total. The lowest BCUT2D eigenvalue weighted by Gasteiger charge is -2.10. The van der Waals surface area contributed by atoms with Crippen LogP contribution >= 0.6 is 11.8 Å². The third-order valence-electron chi connectivity index (χ3n) is 3.56. The molecule has 0 aliphatic carbocycles. The average Bonchev–Trinajstić information content (AvgIpc) is 2.51. The van der Waals surface area contributed by atoms with Crippen molar-refractivity contribution in [2.75, 3.05) is 5.73 Å². The summed E-state index contributed by atoms with van der Waals surface area (Å²) in [4.78, 5) is 6.61. The van der Waals surface area contributed by atoms with Crippen molar-refractivity contribution < 1.29 is 0 Å². The third-order valence-corrected chi connectivity index (χ3v) is 4.65. The van der Waals surface area contributed by atoms with Crippen LogP contribution in [-0.4, -0.2) is 4.98 Å². The first-order valence-corrected chi connectivity index (χ1v) is 7.88. The Kier molecular flexibility index (Phi) is 3.84. The summed E-state index contributed by atoms with van der Waals surface area (Å²) in [6.07, 6.45) is 1.79. The summed E-state index contributed by atoms with van der Waals surface area (Å²) in [6.45, 7) is 4.41. The second kappa shape index (κ2) is 5.78. The minimum atomic E-state index is 0.556. The molecule has 0 spiro atoms. The van der Waals surface area contributed by atoms with E-state index in [0.29, 0.717) is 5.92 Å². The van der Waals surface area contributed by atoms with Crippen LogP contribution in [0.1, 0.15) is 25.3 Å². The molecule has 2 aromatic carbocycles. The van der Waals surface area contributed by atoms with Crippen molar-refractivity contribution in [2.45, 2.75) is 29.6 Å². The van der Waals surface area contributed by atoms with E-state index >= 15 is 0 Å². The maximum Gasteiger partial charge on any atom is 0.0723 e. The molecule has 0 fully saturated rings. The maximum absolute atomic E-state index is 6.28. The normalized spacial score (nSPS) is 11.2. The van der Waals surface area contributed by atoms with E-state index in [2.05, 4.69) is 43.1 Å². The van der Waals surface area contributed by atoms with Crippen LogP contribution in [0.25, 0.3) is 10.9 Å². The molecule has 21 heavy (non-hydrogen) atoms. The highest BCUT2D eigenvalue weighted by Crippen LogP contribution is 2.36. The number of hydrogen-bond donors (Lipinski definition) is 1. The van der Waals surface area contributed by atoms with Gasteiger partial charge in [-0.3, -0.25) is 4.98 Å². The van der Waals surface area contributed by atoms with Crippen molar-refractivity contribution in [3.05, 3.63) is 60.3 Å². The minimum absolute atomic E-state index is 0.556. The minimum Gasteiger partial charge on any atom is -0.397 e. The van der Waals surface area contributed by atoms with Gasteiger partial charge < -0.3 is 5.73 Å². The van der Waals surface area contributed by atoms with E-state index < -0.39 is 0 Å². The highest BCUT2D eigenvalue weighted by Gasteiger charge is 2.07. The number of fused-ring (bicyclic) bond motifs is 1. The first kappa shape index (κ1) is 14.0. The van der Waals surface area contributed by atoms with Gasteiger partial charge in [-0.05, 0) is 47.9 Å². The van der Waals surface area contributed by atoms with Crippen LogP contribution in [0.3, 0.4) is 0 Å². The van der Waals surface area contributed by atoms with Crippen LogP contribution in [0.15, 0.2) is 64.5 Å². The van der Waals surface area contributed by atoms with Crippen LogP contribution in [0.2, 0.25) is 0 Å². The fraction of sp³-hybridized carbons (Fsp3) is 0.167. The van der Waals surface area contributed by atoms with Gasteiger partial charge in [0.05, 0.1) is 11.2 Å². The van der Waals surface area contributed by atoms with E-state index in [1.165, 1.54) is 10.5 Å². The van der Waals surface area contributed by atoms with Gasteiger partial charge in [0.2, 0.25) is 0 Å². The number of nitrogens with zero attached hydrogens (tertiary/aromatic N) is 1. The van der Waals surface area contributed by atoms with Gasteiger partial charge in [-0.25, -0.2) is 0 Å². The molecule has 0 saturated heterocycles. The fourth-order valence-corrected chi connectivity index (χ4v) is 3.17. The summed E-state index contributed by atoms with van der Waals surface area (Å²) < 4.78 is 0. The Morgan fingerprint density at radius 1 is 1.00 bits per heavy atom. The van der Waals surface area contributed by atoms with Crippen molar-refractivity contribution in [3.8, 4) is 0 Å². The quantitative estimate of drug-likeness (QED) is 0.684. The number of hydrogen-bond acceptors (Lipinski definition) is 3. The van der Waals surface area contributed by atoms with Crippen molar-refractivity contribution >= 4 is 28.4 Å². The van der Waals surface area contributed by atoms with Gasteiger partial charge in [-0.2, -0.15) is 0 Å². The van der Waals surface area contributed by atoms with Gasteiger partial charge in [0, 0.05) is 21.4 Å². The van der Waals surface area contributed by atoms with Crippen LogP contribution < -0.4 is 5.73 Å². The van der Waals surface area contributed by atoms with Gasteiger partial charge in [-0.1, -0.05) is 37.7 Å². The number of benzene rings is 2. The molecule has 0 unspecified atom stereocenters. The van der Waals surface area contributed by atoms with E-state index in [1.807, 2.05) is 24.3 Å². The molecule has 0 aliphatic rings. The van der Waals surface area contributed by atoms with E-state index in [0.717, 1.165) is 21.5 Å². The zero-order chi connectivity index (χ0) is 14.8. The number of pyridine rings is 1. The van der Waals surface area contributed by atoms with Gasteiger partial charge >= 0.3 is 0 Å². The molecule has 3 aromatic rings. The SMILES string of the molecule is CC(C)c1ccc(Sc2ccc3ncccc3c2N)cc1. The van der Waals surface area contributed by atoms with Crippen molar-refractivity contribution in [3.63, 3.8) is 0 Å². The zero-order valence-electron chi connectivity index (χ0n) is 12.2. The molecule has 1 aromatic heterocycles. The standard InChI is InChI=1S/C18H18N2S/c1-12(2)13-5-7-14(8-6-13)21-17-10-9-16-15(18(17)19)4-3-11-20-16/h3-12H,19H2,1-2H3. The predicted molar refractivity (Wildman–Crippen MR) is 90.8 cm³/mol. The van der Waals surface area contributed by atoms with E-state index in [9.17, 15) is 0 Å². The molecule has 0 aliphatic heterocycles. The summed E-state index contributed by atoms with van der Waals surface area (Å²) >= 11 is 1.70. The predicted octanol–water partition coefficient (Wildman–Crippen LogP) is 5.09. The van der Waals surface area contributed by atoms with Crippen LogP contribution in [0.5, 0.6) is 0 Å². The van der Waals surface area contributed by atoms with Gasteiger partial charge in [0.15, 0.2) is 0 Å². The van der Waals surface area contributed by atoms with E-state index in [4.69, 9.17) is 5.73 Å². The molecule has 0 bridgehead atoms. The highest BCUT2D eigenvalue weighted by atomic mass is 32.2. The van der Waals surface area contributed by atoms with Gasteiger partial charge in [0.25, 0.3) is 0 Å². The molecular formula is C18H18N2S. The Hall–Kier alpha value is -2.00. The third kappa shape index (κ3) is 2.88. The monoisotopic (exact) mass is 294 g/mol. The number of nitrogen functional groups attached to an aromatic ring is 1. The van der Waals surface area contributed by atoms with Gasteiger partial charge in [0.1, 0.15) is 0 Å². The molecule has 2 N–H and O–H groups in total. The maximum atomic E-state index is 6.28.